The number of rotatable bonds is 10. The van der Waals surface area contributed by atoms with Crippen LogP contribution in [0.3, 0.4) is 0 Å². The number of nitrogens with zero attached hydrogens (tertiary/aromatic N) is 10. The summed E-state index contributed by atoms with van der Waals surface area (Å²) < 4.78 is 58.7. The van der Waals surface area contributed by atoms with Gasteiger partial charge in [-0.05, 0) is 55.0 Å². The van der Waals surface area contributed by atoms with Gasteiger partial charge in [0.25, 0.3) is 12.9 Å². The molecule has 0 aliphatic carbocycles. The molecule has 0 amide bonds. The third kappa shape index (κ3) is 9.49. The SMILES string of the molecule is Cc1ccccc1-c1nc(C(F)F)cc2cnc(Nc3ccc(N4CCNCC4)cn3)nc12.FC(F)c1cc2cnc(Nc3ccc(N4CCNCC4)cn3)nc2c(-c2ccoc2)n1. The fourth-order valence-electron chi connectivity index (χ4n) is 7.46. The fourth-order valence-corrected chi connectivity index (χ4v) is 7.46. The average Bonchev–Trinajstić information content (AvgIpc) is 3.88. The van der Waals surface area contributed by atoms with Gasteiger partial charge in [-0.1, -0.05) is 24.3 Å². The molecule has 2 aliphatic heterocycles. The number of hydrogen-bond donors (Lipinski definition) is 4. The Balaban J connectivity index is 0.000000162. The minimum atomic E-state index is -2.70. The lowest BCUT2D eigenvalue weighted by molar-refractivity contribution is 0.146. The van der Waals surface area contributed by atoms with E-state index in [2.05, 4.69) is 70.9 Å². The number of fused-ring (bicyclic) bond motifs is 2. The summed E-state index contributed by atoms with van der Waals surface area (Å²) in [5.74, 6) is 1.81. The topological polar surface area (TPSA) is 171 Å². The van der Waals surface area contributed by atoms with E-state index in [1.165, 1.54) is 37.1 Å². The predicted molar refractivity (Wildman–Crippen MR) is 238 cm³/mol. The number of aryl methyl sites for hydroxylation is 1. The molecule has 9 heterocycles. The summed E-state index contributed by atoms with van der Waals surface area (Å²) in [5, 5.41) is 13.8. The molecule has 64 heavy (non-hydrogen) atoms. The number of anilines is 6. The predicted octanol–water partition coefficient (Wildman–Crippen LogP) is 8.26. The second-order valence-corrected chi connectivity index (χ2v) is 15.0. The summed E-state index contributed by atoms with van der Waals surface area (Å²) in [6.45, 7) is 9.48. The van der Waals surface area contributed by atoms with E-state index in [1.54, 1.807) is 6.07 Å². The van der Waals surface area contributed by atoms with Crippen LogP contribution in [0.25, 0.3) is 44.3 Å². The van der Waals surface area contributed by atoms with Crippen molar-refractivity contribution in [2.45, 2.75) is 19.8 Å². The molecule has 0 atom stereocenters. The largest absolute Gasteiger partial charge is 0.472 e. The van der Waals surface area contributed by atoms with E-state index in [1.807, 2.05) is 67.8 Å². The van der Waals surface area contributed by atoms with E-state index in [4.69, 9.17) is 4.42 Å². The van der Waals surface area contributed by atoms with Gasteiger partial charge in [-0.2, -0.15) is 0 Å². The highest BCUT2D eigenvalue weighted by Gasteiger charge is 2.20. The van der Waals surface area contributed by atoms with Gasteiger partial charge in [0.2, 0.25) is 11.9 Å². The zero-order chi connectivity index (χ0) is 44.0. The summed E-state index contributed by atoms with van der Waals surface area (Å²) in [6.07, 6.45) is 4.18. The molecule has 7 aromatic heterocycles. The zero-order valence-corrected chi connectivity index (χ0v) is 34.5. The van der Waals surface area contributed by atoms with Crippen molar-refractivity contribution in [3.05, 3.63) is 121 Å². The van der Waals surface area contributed by atoms with E-state index >= 15 is 0 Å². The molecule has 0 radical (unpaired) electrons. The Morgan fingerprint density at radius 2 is 1.11 bits per heavy atom. The van der Waals surface area contributed by atoms with Crippen molar-refractivity contribution < 1.29 is 22.0 Å². The lowest BCUT2D eigenvalue weighted by Gasteiger charge is -2.29. The van der Waals surface area contributed by atoms with Crippen LogP contribution in [0.1, 0.15) is 29.8 Å². The van der Waals surface area contributed by atoms with Crippen LogP contribution in [0.4, 0.5) is 52.5 Å². The van der Waals surface area contributed by atoms with Crippen LogP contribution >= 0.6 is 0 Å². The van der Waals surface area contributed by atoms with E-state index in [0.717, 1.165) is 74.9 Å². The normalized spacial score (nSPS) is 14.2. The van der Waals surface area contributed by atoms with E-state index in [0.29, 0.717) is 62.3 Å². The molecular weight excluding hydrogens is 829 g/mol. The molecule has 19 heteroatoms. The first-order chi connectivity index (χ1) is 31.3. The Morgan fingerprint density at radius 3 is 1.58 bits per heavy atom. The number of aromatic nitrogens is 8. The maximum absolute atomic E-state index is 13.5. The number of alkyl halides is 4. The van der Waals surface area contributed by atoms with Gasteiger partial charge in [-0.3, -0.25) is 0 Å². The first-order valence-electron chi connectivity index (χ1n) is 20.6. The standard InChI is InChI=1S/C24H23F2N7.C21H19F2N7O/c1-15-4-2-3-5-18(15)22-21-16(12-19(30-22)23(25)26)13-29-24(32-21)31-20-7-6-17(14-28-20)33-10-8-27-9-11-33;22-20(23)16-9-14-10-26-21(29-19(14)18(27-16)13-3-8-31-12-13)28-17-2-1-15(11-25-17)30-6-4-24-5-7-30/h2-7,12-14,23,27H,8-11H2,1H3,(H,28,29,31,32);1-3,8-12,20,24H,4-7H2,(H,25,26,28,29). The first kappa shape index (κ1) is 41.9. The monoisotopic (exact) mass is 870 g/mol. The van der Waals surface area contributed by atoms with Crippen LogP contribution in [0.15, 0.2) is 108 Å². The lowest BCUT2D eigenvalue weighted by Crippen LogP contribution is -2.43. The number of benzene rings is 1. The van der Waals surface area contributed by atoms with Gasteiger partial charge in [-0.25, -0.2) is 57.4 Å². The summed E-state index contributed by atoms with van der Waals surface area (Å²) in [6, 6.07) is 19.6. The lowest BCUT2D eigenvalue weighted by atomic mass is 10.0. The molecule has 2 aliphatic rings. The maximum Gasteiger partial charge on any atom is 0.280 e. The smallest absolute Gasteiger partial charge is 0.280 e. The van der Waals surface area contributed by atoms with Crippen molar-refractivity contribution in [1.82, 2.24) is 50.5 Å². The molecule has 2 fully saturated rings. The molecule has 8 aromatic rings. The summed E-state index contributed by atoms with van der Waals surface area (Å²) in [4.78, 5) is 39.5. The van der Waals surface area contributed by atoms with Crippen LogP contribution < -0.4 is 31.1 Å². The second-order valence-electron chi connectivity index (χ2n) is 15.0. The Labute approximate surface area is 364 Å². The minimum absolute atomic E-state index is 0.296. The van der Waals surface area contributed by atoms with Gasteiger partial charge in [-0.15, -0.1) is 0 Å². The van der Waals surface area contributed by atoms with Crippen molar-refractivity contribution in [1.29, 1.82) is 0 Å². The second kappa shape index (κ2) is 18.9. The Bertz CT molecular complexity index is 2840. The van der Waals surface area contributed by atoms with Crippen LogP contribution in [0, 0.1) is 6.92 Å². The molecule has 0 saturated carbocycles. The summed E-state index contributed by atoms with van der Waals surface area (Å²) >= 11 is 0. The highest BCUT2D eigenvalue weighted by Crippen LogP contribution is 2.33. The van der Waals surface area contributed by atoms with Crippen LogP contribution in [0.2, 0.25) is 0 Å². The van der Waals surface area contributed by atoms with Gasteiger partial charge < -0.3 is 35.5 Å². The molecule has 15 nitrogen and oxygen atoms in total. The van der Waals surface area contributed by atoms with Crippen LogP contribution in [0.5, 0.6) is 0 Å². The number of piperazine rings is 2. The van der Waals surface area contributed by atoms with E-state index in [-0.39, 0.29) is 11.4 Å². The van der Waals surface area contributed by atoms with E-state index < -0.39 is 12.9 Å². The van der Waals surface area contributed by atoms with Gasteiger partial charge in [0, 0.05) is 86.7 Å². The molecular formula is C45H42F4N14O. The third-order valence-corrected chi connectivity index (χ3v) is 10.8. The Hall–Kier alpha value is -7.38. The number of hydrogen-bond acceptors (Lipinski definition) is 15. The van der Waals surface area contributed by atoms with Gasteiger partial charge in [0.15, 0.2) is 0 Å². The van der Waals surface area contributed by atoms with Crippen molar-refractivity contribution >= 4 is 56.7 Å². The molecule has 0 spiro atoms. The average molecular weight is 871 g/mol. The van der Waals surface area contributed by atoms with Crippen LogP contribution in [-0.2, 0) is 0 Å². The van der Waals surface area contributed by atoms with Crippen molar-refractivity contribution in [2.24, 2.45) is 0 Å². The molecule has 0 unspecified atom stereocenters. The van der Waals surface area contributed by atoms with Gasteiger partial charge >= 0.3 is 0 Å². The van der Waals surface area contributed by atoms with Gasteiger partial charge in [0.1, 0.15) is 39.8 Å². The van der Waals surface area contributed by atoms with E-state index in [9.17, 15) is 17.6 Å². The number of pyridine rings is 4. The zero-order valence-electron chi connectivity index (χ0n) is 34.5. The number of halogens is 4. The molecule has 2 saturated heterocycles. The Kier molecular flexibility index (Phi) is 12.4. The van der Waals surface area contributed by atoms with Crippen molar-refractivity contribution in [3.8, 4) is 22.5 Å². The quantitative estimate of drug-likeness (QED) is 0.0968. The van der Waals surface area contributed by atoms with Crippen molar-refractivity contribution in [3.63, 3.8) is 0 Å². The van der Waals surface area contributed by atoms with Gasteiger partial charge in [0.05, 0.1) is 42.0 Å². The highest BCUT2D eigenvalue weighted by atomic mass is 19.3. The Morgan fingerprint density at radius 1 is 0.594 bits per heavy atom. The molecule has 10 rings (SSSR count). The molecule has 4 N–H and O–H groups in total. The maximum atomic E-state index is 13.5. The molecule has 326 valence electrons. The highest BCUT2D eigenvalue weighted by molar-refractivity contribution is 5.93. The summed E-state index contributed by atoms with van der Waals surface area (Å²) in [7, 11) is 0. The first-order valence-corrected chi connectivity index (χ1v) is 20.6. The number of furan rings is 1. The molecule has 1 aromatic carbocycles. The third-order valence-electron chi connectivity index (χ3n) is 10.8. The number of nitrogens with one attached hydrogen (secondary N) is 4. The summed E-state index contributed by atoms with van der Waals surface area (Å²) in [5.41, 5.74) is 5.41. The van der Waals surface area contributed by atoms with Crippen molar-refractivity contribution in [2.75, 3.05) is 72.8 Å². The molecule has 0 bridgehead atoms. The van der Waals surface area contributed by atoms with Crippen LogP contribution in [-0.4, -0.2) is 92.2 Å². The fraction of sp³-hybridized carbons (Fsp3) is 0.244. The minimum Gasteiger partial charge on any atom is -0.472 e.